The molecule has 0 unspecified atom stereocenters. The zero-order valence-corrected chi connectivity index (χ0v) is 18.9. The number of hydrogen-bond donors (Lipinski definition) is 1. The van der Waals surface area contributed by atoms with E-state index >= 15 is 0 Å². The summed E-state index contributed by atoms with van der Waals surface area (Å²) < 4.78 is 5.38. The first-order chi connectivity index (χ1) is 13.4. The molecule has 0 aromatic heterocycles. The fourth-order valence-electron chi connectivity index (χ4n) is 2.60. The van der Waals surface area contributed by atoms with Crippen LogP contribution in [0.4, 0.5) is 9.59 Å². The zero-order valence-electron chi connectivity index (χ0n) is 17.4. The van der Waals surface area contributed by atoms with Crippen molar-refractivity contribution in [3.63, 3.8) is 0 Å². The highest BCUT2D eigenvalue weighted by atomic mass is 35.5. The summed E-state index contributed by atoms with van der Waals surface area (Å²) in [7, 11) is 0. The number of carbonyl (C=O) groups is 2. The van der Waals surface area contributed by atoms with Gasteiger partial charge in [0.05, 0.1) is 15.6 Å². The Kier molecular flexibility index (Phi) is 7.31. The van der Waals surface area contributed by atoms with E-state index in [0.717, 1.165) is 0 Å². The molecule has 1 saturated heterocycles. The maximum absolute atomic E-state index is 12.6. The Morgan fingerprint density at radius 2 is 1.59 bits per heavy atom. The van der Waals surface area contributed by atoms with E-state index in [9.17, 15) is 9.59 Å². The molecule has 8 heteroatoms. The highest BCUT2D eigenvalue weighted by molar-refractivity contribution is 6.42. The topological polar surface area (TPSA) is 61.9 Å². The first-order valence-corrected chi connectivity index (χ1v) is 10.2. The molecule has 0 spiro atoms. The molecule has 1 aliphatic rings. The molecule has 6 nitrogen and oxygen atoms in total. The molecule has 0 saturated carbocycles. The Labute approximate surface area is 182 Å². The Hall–Kier alpha value is -2.10. The van der Waals surface area contributed by atoms with Crippen molar-refractivity contribution >= 4 is 35.3 Å². The van der Waals surface area contributed by atoms with Crippen LogP contribution in [0.25, 0.3) is 0 Å². The van der Waals surface area contributed by atoms with Crippen LogP contribution in [0, 0.1) is 11.8 Å². The lowest BCUT2D eigenvalue weighted by molar-refractivity contribution is 0.0168. The highest BCUT2D eigenvalue weighted by Crippen LogP contribution is 2.22. The van der Waals surface area contributed by atoms with E-state index in [2.05, 4.69) is 17.2 Å². The van der Waals surface area contributed by atoms with Crippen molar-refractivity contribution in [1.29, 1.82) is 0 Å². The standard InChI is InChI=1S/C21H27Cl2N3O3/c1-20(2,3)29-19(28)26-12-10-25(11-13-26)18(27)24-21(4,5)9-8-15-6-7-16(22)17(23)14-15/h6-7,14H,10-13H2,1-5H3,(H,24,27). The number of rotatable bonds is 1. The van der Waals surface area contributed by atoms with Crippen molar-refractivity contribution < 1.29 is 14.3 Å². The Morgan fingerprint density at radius 3 is 2.14 bits per heavy atom. The van der Waals surface area contributed by atoms with Crippen LogP contribution in [0.1, 0.15) is 40.2 Å². The van der Waals surface area contributed by atoms with Crippen LogP contribution in [-0.2, 0) is 4.74 Å². The number of nitrogens with one attached hydrogen (secondary N) is 1. The summed E-state index contributed by atoms with van der Waals surface area (Å²) in [5.41, 5.74) is -0.568. The monoisotopic (exact) mass is 439 g/mol. The van der Waals surface area contributed by atoms with Gasteiger partial charge in [-0.15, -0.1) is 0 Å². The predicted octanol–water partition coefficient (Wildman–Crippen LogP) is 4.39. The summed E-state index contributed by atoms with van der Waals surface area (Å²) in [5.74, 6) is 6.06. The summed E-state index contributed by atoms with van der Waals surface area (Å²) in [6, 6.07) is 4.92. The third-order valence-electron chi connectivity index (χ3n) is 4.08. The number of carbonyl (C=O) groups excluding carboxylic acids is 2. The highest BCUT2D eigenvalue weighted by Gasteiger charge is 2.29. The van der Waals surface area contributed by atoms with Crippen LogP contribution in [0.15, 0.2) is 18.2 Å². The smallest absolute Gasteiger partial charge is 0.410 e. The van der Waals surface area contributed by atoms with E-state index in [0.29, 0.717) is 41.8 Å². The van der Waals surface area contributed by atoms with Crippen LogP contribution in [0.3, 0.4) is 0 Å². The molecule has 0 aliphatic carbocycles. The van der Waals surface area contributed by atoms with Crippen molar-refractivity contribution in [1.82, 2.24) is 15.1 Å². The number of urea groups is 1. The number of benzene rings is 1. The minimum atomic E-state index is -0.745. The van der Waals surface area contributed by atoms with Gasteiger partial charge < -0.3 is 19.9 Å². The molecule has 0 atom stereocenters. The number of halogens is 2. The van der Waals surface area contributed by atoms with Crippen LogP contribution >= 0.6 is 23.2 Å². The minimum absolute atomic E-state index is 0.220. The van der Waals surface area contributed by atoms with E-state index < -0.39 is 11.1 Å². The first kappa shape index (κ1) is 23.2. The number of amides is 3. The maximum Gasteiger partial charge on any atom is 0.410 e. The Balaban J connectivity index is 1.91. The molecule has 2 rings (SSSR count). The summed E-state index contributed by atoms with van der Waals surface area (Å²) in [5, 5.41) is 3.83. The van der Waals surface area contributed by atoms with E-state index in [1.54, 1.807) is 28.0 Å². The third-order valence-corrected chi connectivity index (χ3v) is 4.82. The van der Waals surface area contributed by atoms with Crippen LogP contribution in [-0.4, -0.2) is 59.2 Å². The van der Waals surface area contributed by atoms with Crippen molar-refractivity contribution in [2.24, 2.45) is 0 Å². The Morgan fingerprint density at radius 1 is 1.00 bits per heavy atom. The molecule has 29 heavy (non-hydrogen) atoms. The van der Waals surface area contributed by atoms with Gasteiger partial charge in [0, 0.05) is 31.7 Å². The van der Waals surface area contributed by atoms with Gasteiger partial charge >= 0.3 is 12.1 Å². The number of piperazine rings is 1. The van der Waals surface area contributed by atoms with Gasteiger partial charge in [0.2, 0.25) is 0 Å². The van der Waals surface area contributed by atoms with E-state index in [-0.39, 0.29) is 12.1 Å². The molecule has 1 aromatic carbocycles. The lowest BCUT2D eigenvalue weighted by Crippen LogP contribution is -2.56. The summed E-state index contributed by atoms with van der Waals surface area (Å²) in [4.78, 5) is 28.0. The molecule has 1 fully saturated rings. The van der Waals surface area contributed by atoms with Gasteiger partial charge in [0.15, 0.2) is 0 Å². The summed E-state index contributed by atoms with van der Waals surface area (Å²) in [6.45, 7) is 10.9. The summed E-state index contributed by atoms with van der Waals surface area (Å²) in [6.07, 6.45) is -0.356. The van der Waals surface area contributed by atoms with Gasteiger partial charge in [-0.25, -0.2) is 9.59 Å². The first-order valence-electron chi connectivity index (χ1n) is 9.39. The molecule has 0 radical (unpaired) electrons. The number of nitrogens with zero attached hydrogens (tertiary/aromatic N) is 2. The molecular weight excluding hydrogens is 413 g/mol. The van der Waals surface area contributed by atoms with Gasteiger partial charge in [-0.1, -0.05) is 35.0 Å². The molecule has 1 aromatic rings. The molecular formula is C21H27Cl2N3O3. The fourth-order valence-corrected chi connectivity index (χ4v) is 2.90. The number of hydrogen-bond acceptors (Lipinski definition) is 3. The van der Waals surface area contributed by atoms with Gasteiger partial charge in [0.1, 0.15) is 5.60 Å². The minimum Gasteiger partial charge on any atom is -0.444 e. The predicted molar refractivity (Wildman–Crippen MR) is 115 cm³/mol. The van der Waals surface area contributed by atoms with Crippen LogP contribution < -0.4 is 5.32 Å². The molecule has 1 heterocycles. The molecule has 1 aliphatic heterocycles. The third kappa shape index (κ3) is 7.34. The van der Waals surface area contributed by atoms with Crippen LogP contribution in [0.2, 0.25) is 10.0 Å². The van der Waals surface area contributed by atoms with Crippen molar-refractivity contribution in [2.45, 2.75) is 45.8 Å². The van der Waals surface area contributed by atoms with Gasteiger partial charge in [0.25, 0.3) is 0 Å². The second-order valence-electron chi connectivity index (χ2n) is 8.39. The average Bonchev–Trinajstić information content (AvgIpc) is 2.61. The van der Waals surface area contributed by atoms with E-state index in [4.69, 9.17) is 27.9 Å². The maximum atomic E-state index is 12.6. The molecule has 3 amide bonds. The van der Waals surface area contributed by atoms with Crippen molar-refractivity contribution in [2.75, 3.05) is 26.2 Å². The van der Waals surface area contributed by atoms with Crippen LogP contribution in [0.5, 0.6) is 0 Å². The fraction of sp³-hybridized carbons (Fsp3) is 0.524. The second-order valence-corrected chi connectivity index (χ2v) is 9.20. The quantitative estimate of drug-likeness (QED) is 0.660. The molecule has 158 valence electrons. The zero-order chi connectivity index (χ0) is 21.8. The van der Waals surface area contributed by atoms with E-state index in [1.807, 2.05) is 34.6 Å². The van der Waals surface area contributed by atoms with Crippen molar-refractivity contribution in [3.8, 4) is 11.8 Å². The van der Waals surface area contributed by atoms with Gasteiger partial charge in [-0.2, -0.15) is 0 Å². The largest absolute Gasteiger partial charge is 0.444 e. The summed E-state index contributed by atoms with van der Waals surface area (Å²) >= 11 is 11.9. The second kappa shape index (κ2) is 9.15. The normalized spacial score (nSPS) is 14.7. The SMILES string of the molecule is CC(C)(C#Cc1ccc(Cl)c(Cl)c1)NC(=O)N1CCN(C(=O)OC(C)(C)C)CC1. The number of ether oxygens (including phenoxy) is 1. The lowest BCUT2D eigenvalue weighted by atomic mass is 10.1. The van der Waals surface area contributed by atoms with E-state index in [1.165, 1.54) is 0 Å². The Bertz CT molecular complexity index is 830. The average molecular weight is 440 g/mol. The lowest BCUT2D eigenvalue weighted by Gasteiger charge is -2.36. The van der Waals surface area contributed by atoms with Gasteiger partial charge in [-0.3, -0.25) is 0 Å². The van der Waals surface area contributed by atoms with Crippen molar-refractivity contribution in [3.05, 3.63) is 33.8 Å². The molecule has 0 bridgehead atoms. The molecule has 1 N–H and O–H groups in total. The van der Waals surface area contributed by atoms with Gasteiger partial charge in [-0.05, 0) is 52.8 Å².